The molecule has 2 rings (SSSR count). The number of carboxylic acids is 1. The molecule has 5 heteroatoms. The molecule has 0 aromatic carbocycles. The molecule has 1 aliphatic rings. The Hall–Kier alpha value is -1.46. The average molecular weight is 236 g/mol. The van der Waals surface area contributed by atoms with Gasteiger partial charge >= 0.3 is 5.97 Å². The molecule has 0 radical (unpaired) electrons. The van der Waals surface area contributed by atoms with E-state index in [1.165, 1.54) is 0 Å². The van der Waals surface area contributed by atoms with E-state index < -0.39 is 5.97 Å². The van der Waals surface area contributed by atoms with Gasteiger partial charge in [0.25, 0.3) is 0 Å². The number of carbonyl (C=O) groups is 1. The van der Waals surface area contributed by atoms with Crippen molar-refractivity contribution < 1.29 is 14.6 Å². The molecule has 0 amide bonds. The van der Waals surface area contributed by atoms with Crippen LogP contribution in [0.5, 0.6) is 0 Å². The normalized spacial score (nSPS) is 18.6. The Morgan fingerprint density at radius 2 is 2.41 bits per heavy atom. The minimum Gasteiger partial charge on any atom is -0.480 e. The number of pyridine rings is 1. The van der Waals surface area contributed by atoms with Crippen LogP contribution in [0.15, 0.2) is 24.5 Å². The van der Waals surface area contributed by atoms with Crippen LogP contribution in [-0.2, 0) is 16.1 Å². The summed E-state index contributed by atoms with van der Waals surface area (Å²) in [5, 5.41) is 8.55. The fraction of sp³-hybridized carbons (Fsp3) is 0.500. The molecule has 2 heterocycles. The quantitative estimate of drug-likeness (QED) is 0.817. The largest absolute Gasteiger partial charge is 0.480 e. The summed E-state index contributed by atoms with van der Waals surface area (Å²) in [5.74, 6) is -0.920. The van der Waals surface area contributed by atoms with Gasteiger partial charge < -0.3 is 9.84 Å². The molecular formula is C12H16N2O3. The van der Waals surface area contributed by atoms with Gasteiger partial charge in [0.1, 0.15) is 6.61 Å². The first kappa shape index (κ1) is 12.0. The highest BCUT2D eigenvalue weighted by molar-refractivity contribution is 5.68. The second kappa shape index (κ2) is 4.81. The van der Waals surface area contributed by atoms with E-state index in [0.717, 1.165) is 25.2 Å². The Morgan fingerprint density at radius 3 is 3.00 bits per heavy atom. The lowest BCUT2D eigenvalue weighted by molar-refractivity contribution is -0.165. The zero-order valence-corrected chi connectivity index (χ0v) is 9.80. The van der Waals surface area contributed by atoms with E-state index >= 15 is 0 Å². The third-order valence-corrected chi connectivity index (χ3v) is 2.79. The van der Waals surface area contributed by atoms with E-state index in [4.69, 9.17) is 9.84 Å². The van der Waals surface area contributed by atoms with E-state index in [1.807, 2.05) is 25.3 Å². The highest BCUT2D eigenvalue weighted by atomic mass is 16.5. The molecular weight excluding hydrogens is 220 g/mol. The molecule has 17 heavy (non-hydrogen) atoms. The first-order valence-corrected chi connectivity index (χ1v) is 5.54. The van der Waals surface area contributed by atoms with Crippen molar-refractivity contribution in [2.24, 2.45) is 0 Å². The van der Waals surface area contributed by atoms with Gasteiger partial charge in [-0.15, -0.1) is 0 Å². The molecule has 0 atom stereocenters. The lowest BCUT2D eigenvalue weighted by Gasteiger charge is -2.47. The fourth-order valence-corrected chi connectivity index (χ4v) is 2.09. The Kier molecular flexibility index (Phi) is 3.40. The van der Waals surface area contributed by atoms with Crippen molar-refractivity contribution in [1.82, 2.24) is 9.88 Å². The molecule has 0 unspecified atom stereocenters. The molecule has 1 aromatic rings. The Morgan fingerprint density at radius 1 is 1.65 bits per heavy atom. The average Bonchev–Trinajstić information content (AvgIpc) is 2.26. The third-order valence-electron chi connectivity index (χ3n) is 2.79. The first-order valence-electron chi connectivity index (χ1n) is 5.54. The van der Waals surface area contributed by atoms with Crippen molar-refractivity contribution >= 4 is 5.97 Å². The van der Waals surface area contributed by atoms with Crippen LogP contribution in [0, 0.1) is 0 Å². The molecule has 1 aliphatic heterocycles. The predicted molar refractivity (Wildman–Crippen MR) is 61.5 cm³/mol. The molecule has 1 N–H and O–H groups in total. The van der Waals surface area contributed by atoms with Gasteiger partial charge in [-0.25, -0.2) is 4.79 Å². The number of hydrogen-bond donors (Lipinski definition) is 1. The van der Waals surface area contributed by atoms with Crippen molar-refractivity contribution in [3.05, 3.63) is 30.1 Å². The zero-order chi connectivity index (χ0) is 12.3. The molecule has 1 saturated heterocycles. The van der Waals surface area contributed by atoms with E-state index in [0.29, 0.717) is 0 Å². The summed E-state index contributed by atoms with van der Waals surface area (Å²) < 4.78 is 5.34. The summed E-state index contributed by atoms with van der Waals surface area (Å²) in [6.45, 7) is 4.07. The number of nitrogens with zero attached hydrogens (tertiary/aromatic N) is 2. The lowest BCUT2D eigenvalue weighted by atomic mass is 9.96. The molecule has 0 bridgehead atoms. The summed E-state index contributed by atoms with van der Waals surface area (Å²) in [7, 11) is 0. The Labute approximate surface area is 100 Å². The Balaban J connectivity index is 1.77. The van der Waals surface area contributed by atoms with Crippen LogP contribution in [0.3, 0.4) is 0 Å². The number of likely N-dealkylation sites (tertiary alicyclic amines) is 1. The summed E-state index contributed by atoms with van der Waals surface area (Å²) in [4.78, 5) is 16.7. The van der Waals surface area contributed by atoms with Gasteiger partial charge in [0.15, 0.2) is 0 Å². The number of aromatic nitrogens is 1. The van der Waals surface area contributed by atoms with E-state index in [1.54, 1.807) is 6.20 Å². The molecule has 5 nitrogen and oxygen atoms in total. The van der Waals surface area contributed by atoms with Gasteiger partial charge in [0.2, 0.25) is 0 Å². The van der Waals surface area contributed by atoms with Crippen molar-refractivity contribution in [2.45, 2.75) is 19.1 Å². The molecule has 0 aliphatic carbocycles. The van der Waals surface area contributed by atoms with Crippen LogP contribution in [-0.4, -0.2) is 46.3 Å². The lowest BCUT2D eigenvalue weighted by Crippen LogP contribution is -2.61. The summed E-state index contributed by atoms with van der Waals surface area (Å²) in [6, 6.07) is 3.94. The second-order valence-corrected chi connectivity index (χ2v) is 4.64. The van der Waals surface area contributed by atoms with Crippen molar-refractivity contribution in [1.29, 1.82) is 0 Å². The molecule has 92 valence electrons. The fourth-order valence-electron chi connectivity index (χ4n) is 2.09. The summed E-state index contributed by atoms with van der Waals surface area (Å²) in [6.07, 6.45) is 3.59. The van der Waals surface area contributed by atoms with Crippen LogP contribution >= 0.6 is 0 Å². The number of hydrogen-bond acceptors (Lipinski definition) is 4. The molecule has 1 aromatic heterocycles. The van der Waals surface area contributed by atoms with Gasteiger partial charge in [-0.3, -0.25) is 9.88 Å². The summed E-state index contributed by atoms with van der Waals surface area (Å²) >= 11 is 0. The van der Waals surface area contributed by atoms with E-state index in [2.05, 4.69) is 9.88 Å². The first-order chi connectivity index (χ1) is 8.07. The van der Waals surface area contributed by atoms with Crippen LogP contribution < -0.4 is 0 Å². The predicted octanol–water partition coefficient (Wildman–Crippen LogP) is 0.757. The van der Waals surface area contributed by atoms with Gasteiger partial charge in [-0.05, 0) is 18.6 Å². The SMILES string of the molecule is CC1(OCC(=O)O)CN(Cc2cccnc2)C1. The molecule has 0 spiro atoms. The highest BCUT2D eigenvalue weighted by Crippen LogP contribution is 2.25. The van der Waals surface area contributed by atoms with Crippen LogP contribution in [0.2, 0.25) is 0 Å². The Bertz CT molecular complexity index is 388. The van der Waals surface area contributed by atoms with Crippen LogP contribution in [0.1, 0.15) is 12.5 Å². The minimum absolute atomic E-state index is 0.225. The summed E-state index contributed by atoms with van der Waals surface area (Å²) in [5.41, 5.74) is 0.841. The van der Waals surface area contributed by atoms with E-state index in [-0.39, 0.29) is 12.2 Å². The van der Waals surface area contributed by atoms with Gasteiger partial charge in [0.05, 0.1) is 5.60 Å². The standard InChI is InChI=1S/C12H16N2O3/c1-12(17-7-11(15)16)8-14(9-12)6-10-3-2-4-13-5-10/h2-5H,6-9H2,1H3,(H,15,16). The second-order valence-electron chi connectivity index (χ2n) is 4.64. The third kappa shape index (κ3) is 3.25. The maximum Gasteiger partial charge on any atom is 0.329 e. The van der Waals surface area contributed by atoms with Crippen LogP contribution in [0.25, 0.3) is 0 Å². The topological polar surface area (TPSA) is 62.7 Å². The number of rotatable bonds is 5. The zero-order valence-electron chi connectivity index (χ0n) is 9.80. The minimum atomic E-state index is -0.920. The smallest absolute Gasteiger partial charge is 0.329 e. The van der Waals surface area contributed by atoms with Crippen LogP contribution in [0.4, 0.5) is 0 Å². The maximum absolute atomic E-state index is 10.4. The molecule has 0 saturated carbocycles. The van der Waals surface area contributed by atoms with E-state index in [9.17, 15) is 4.79 Å². The number of carboxylic acid groups (broad SMARTS) is 1. The van der Waals surface area contributed by atoms with Gasteiger partial charge in [-0.2, -0.15) is 0 Å². The van der Waals surface area contributed by atoms with Gasteiger partial charge in [0, 0.05) is 32.0 Å². The number of ether oxygens (including phenoxy) is 1. The molecule has 1 fully saturated rings. The number of aliphatic carboxylic acids is 1. The van der Waals surface area contributed by atoms with Crippen molar-refractivity contribution in [3.63, 3.8) is 0 Å². The van der Waals surface area contributed by atoms with Crippen molar-refractivity contribution in [3.8, 4) is 0 Å². The van der Waals surface area contributed by atoms with Gasteiger partial charge in [-0.1, -0.05) is 6.07 Å². The monoisotopic (exact) mass is 236 g/mol. The van der Waals surface area contributed by atoms with Crippen molar-refractivity contribution in [2.75, 3.05) is 19.7 Å². The highest BCUT2D eigenvalue weighted by Gasteiger charge is 2.39. The maximum atomic E-state index is 10.4.